The van der Waals surface area contributed by atoms with Crippen LogP contribution in [0.5, 0.6) is 11.5 Å². The Kier molecular flexibility index (Phi) is 4.35. The maximum atomic E-state index is 6.52. The smallest absolute Gasteiger partial charge is 0.190 e. The number of nitrogens with one attached hydrogen (secondary N) is 1. The van der Waals surface area contributed by atoms with Crippen molar-refractivity contribution in [2.75, 3.05) is 11.5 Å². The quantitative estimate of drug-likeness (QED) is 0.687. The number of fused-ring (bicyclic) bond motifs is 4. The molecule has 0 saturated carbocycles. The van der Waals surface area contributed by atoms with Gasteiger partial charge in [-0.05, 0) is 68.5 Å². The van der Waals surface area contributed by atoms with E-state index in [0.717, 1.165) is 27.2 Å². The molecule has 4 rings (SSSR count). The topological polar surface area (TPSA) is 33.7 Å². The first-order valence-electron chi connectivity index (χ1n) is 8.76. The maximum Gasteiger partial charge on any atom is 0.190 e. The fourth-order valence-electron chi connectivity index (χ4n) is 3.83. The Morgan fingerprint density at radius 3 is 2.69 bits per heavy atom. The first-order chi connectivity index (χ1) is 12.4. The minimum atomic E-state index is -0.568. The van der Waals surface area contributed by atoms with E-state index in [2.05, 4.69) is 46.1 Å². The minimum absolute atomic E-state index is 0.118. The lowest BCUT2D eigenvalue weighted by Gasteiger charge is -2.56. The molecule has 0 spiro atoms. The molecule has 0 aliphatic carbocycles. The van der Waals surface area contributed by atoms with Crippen LogP contribution in [0.3, 0.4) is 0 Å². The summed E-state index contributed by atoms with van der Waals surface area (Å²) in [6.07, 6.45) is 0. The summed E-state index contributed by atoms with van der Waals surface area (Å²) in [4.78, 5) is 2.07. The van der Waals surface area contributed by atoms with Crippen molar-refractivity contribution in [3.63, 3.8) is 0 Å². The van der Waals surface area contributed by atoms with Gasteiger partial charge in [-0.2, -0.15) is 0 Å². The first-order valence-corrected chi connectivity index (χ1v) is 9.96. The van der Waals surface area contributed by atoms with E-state index in [-0.39, 0.29) is 12.0 Å². The summed E-state index contributed by atoms with van der Waals surface area (Å²) in [5.74, 6) is 1.94. The van der Waals surface area contributed by atoms with Gasteiger partial charge >= 0.3 is 0 Å². The van der Waals surface area contributed by atoms with Crippen LogP contribution < -0.4 is 19.7 Å². The Bertz CT molecular complexity index is 857. The second-order valence-corrected chi connectivity index (χ2v) is 8.12. The zero-order valence-electron chi connectivity index (χ0n) is 15.0. The molecular formula is C20H21BrN2O2S. The second kappa shape index (κ2) is 6.43. The van der Waals surface area contributed by atoms with E-state index in [9.17, 15) is 0 Å². The van der Waals surface area contributed by atoms with Crippen molar-refractivity contribution in [2.24, 2.45) is 5.92 Å². The van der Waals surface area contributed by atoms with Crippen LogP contribution in [0, 0.1) is 5.92 Å². The van der Waals surface area contributed by atoms with Gasteiger partial charge in [-0.1, -0.05) is 22.9 Å². The van der Waals surface area contributed by atoms with Crippen LogP contribution in [0.4, 0.5) is 5.69 Å². The average Bonchev–Trinajstić information content (AvgIpc) is 2.60. The van der Waals surface area contributed by atoms with Crippen molar-refractivity contribution in [3.05, 3.63) is 52.5 Å². The number of benzene rings is 2. The molecule has 1 N–H and O–H groups in total. The lowest BCUT2D eigenvalue weighted by Crippen LogP contribution is -2.69. The molecule has 2 aliphatic heterocycles. The summed E-state index contributed by atoms with van der Waals surface area (Å²) in [6, 6.07) is 14.2. The maximum absolute atomic E-state index is 6.52. The Hall–Kier alpha value is -1.79. The van der Waals surface area contributed by atoms with E-state index >= 15 is 0 Å². The van der Waals surface area contributed by atoms with Crippen LogP contribution in [0.1, 0.15) is 32.4 Å². The van der Waals surface area contributed by atoms with Gasteiger partial charge in [0, 0.05) is 21.6 Å². The number of hydrogen-bond donors (Lipinski definition) is 1. The third-order valence-electron chi connectivity index (χ3n) is 5.30. The standard InChI is InChI=1S/C20H21BrN2O2S/c1-4-24-15-8-6-14(7-9-15)23-19(26)22-18-12(2)20(23,3)25-17-10-5-13(21)11-16(17)18/h5-12,18H,4H2,1-3H3,(H,22,26)/t12-,18-,20-/m1/s1. The van der Waals surface area contributed by atoms with Crippen LogP contribution in [0.15, 0.2) is 46.9 Å². The largest absolute Gasteiger partial charge is 0.494 e. The molecule has 0 unspecified atom stereocenters. The monoisotopic (exact) mass is 432 g/mol. The zero-order valence-corrected chi connectivity index (χ0v) is 17.4. The fraction of sp³-hybridized carbons (Fsp3) is 0.350. The molecule has 6 heteroatoms. The Labute approximate surface area is 167 Å². The van der Waals surface area contributed by atoms with Crippen molar-refractivity contribution in [3.8, 4) is 11.5 Å². The van der Waals surface area contributed by atoms with Crippen molar-refractivity contribution >= 4 is 38.9 Å². The molecule has 1 saturated heterocycles. The van der Waals surface area contributed by atoms with Crippen LogP contribution in [-0.2, 0) is 0 Å². The van der Waals surface area contributed by atoms with Crippen LogP contribution in [0.25, 0.3) is 0 Å². The lowest BCUT2D eigenvalue weighted by atomic mass is 9.80. The summed E-state index contributed by atoms with van der Waals surface area (Å²) < 4.78 is 13.1. The van der Waals surface area contributed by atoms with E-state index in [1.54, 1.807) is 0 Å². The van der Waals surface area contributed by atoms with Crippen molar-refractivity contribution in [1.82, 2.24) is 5.32 Å². The van der Waals surface area contributed by atoms with Crippen molar-refractivity contribution in [1.29, 1.82) is 0 Å². The van der Waals surface area contributed by atoms with E-state index in [1.165, 1.54) is 0 Å². The molecule has 1 fully saturated rings. The molecule has 26 heavy (non-hydrogen) atoms. The number of hydrogen-bond acceptors (Lipinski definition) is 3. The number of halogens is 1. The highest BCUT2D eigenvalue weighted by Crippen LogP contribution is 2.49. The van der Waals surface area contributed by atoms with Gasteiger partial charge in [-0.3, -0.25) is 4.90 Å². The van der Waals surface area contributed by atoms with Gasteiger partial charge in [0.05, 0.1) is 12.6 Å². The summed E-state index contributed by atoms with van der Waals surface area (Å²) in [6.45, 7) is 6.94. The second-order valence-electron chi connectivity index (χ2n) is 6.82. The normalized spacial score (nSPS) is 26.6. The summed E-state index contributed by atoms with van der Waals surface area (Å²) in [5, 5.41) is 4.19. The molecular weight excluding hydrogens is 412 g/mol. The van der Waals surface area contributed by atoms with E-state index in [1.807, 2.05) is 43.3 Å². The van der Waals surface area contributed by atoms with E-state index in [4.69, 9.17) is 21.7 Å². The SMILES string of the molecule is CCOc1ccc(N2C(=S)N[C@H]3c4cc(Br)ccc4O[C@]2(C)[C@@H]3C)cc1. The highest BCUT2D eigenvalue weighted by atomic mass is 79.9. The number of ether oxygens (including phenoxy) is 2. The number of nitrogens with zero attached hydrogens (tertiary/aromatic N) is 1. The van der Waals surface area contributed by atoms with Crippen LogP contribution in [-0.4, -0.2) is 17.4 Å². The Morgan fingerprint density at radius 1 is 1.27 bits per heavy atom. The molecule has 0 radical (unpaired) electrons. The van der Waals surface area contributed by atoms with Gasteiger partial charge in [0.25, 0.3) is 0 Å². The highest BCUT2D eigenvalue weighted by Gasteiger charge is 2.53. The third-order valence-corrected chi connectivity index (χ3v) is 6.09. The molecule has 2 aromatic carbocycles. The number of anilines is 1. The Morgan fingerprint density at radius 2 is 2.00 bits per heavy atom. The third kappa shape index (κ3) is 2.67. The lowest BCUT2D eigenvalue weighted by molar-refractivity contribution is -0.00321. The number of rotatable bonds is 3. The Balaban J connectivity index is 1.76. The highest BCUT2D eigenvalue weighted by molar-refractivity contribution is 9.10. The van der Waals surface area contributed by atoms with E-state index in [0.29, 0.717) is 11.7 Å². The molecule has 2 aromatic rings. The molecule has 2 bridgehead atoms. The van der Waals surface area contributed by atoms with Crippen molar-refractivity contribution in [2.45, 2.75) is 32.5 Å². The van der Waals surface area contributed by atoms with Gasteiger partial charge in [-0.25, -0.2) is 0 Å². The average molecular weight is 433 g/mol. The summed E-state index contributed by atoms with van der Waals surface area (Å²) in [5.41, 5.74) is 1.55. The number of thiocarbonyl (C=S) groups is 1. The van der Waals surface area contributed by atoms with Gasteiger partial charge in [0.2, 0.25) is 0 Å². The van der Waals surface area contributed by atoms with Gasteiger partial charge in [0.1, 0.15) is 11.5 Å². The predicted octanol–water partition coefficient (Wildman–Crippen LogP) is 5.03. The minimum Gasteiger partial charge on any atom is -0.494 e. The van der Waals surface area contributed by atoms with E-state index < -0.39 is 5.72 Å². The zero-order chi connectivity index (χ0) is 18.5. The predicted molar refractivity (Wildman–Crippen MR) is 111 cm³/mol. The van der Waals surface area contributed by atoms with Crippen LogP contribution >= 0.6 is 28.1 Å². The summed E-state index contributed by atoms with van der Waals surface area (Å²) >= 11 is 9.28. The first kappa shape index (κ1) is 17.6. The van der Waals surface area contributed by atoms with Gasteiger partial charge in [-0.15, -0.1) is 0 Å². The molecule has 136 valence electrons. The molecule has 0 aromatic heterocycles. The molecule has 2 aliphatic rings. The van der Waals surface area contributed by atoms with Gasteiger partial charge < -0.3 is 14.8 Å². The molecule has 3 atom stereocenters. The molecule has 2 heterocycles. The summed E-state index contributed by atoms with van der Waals surface area (Å²) in [7, 11) is 0. The van der Waals surface area contributed by atoms with Gasteiger partial charge in [0.15, 0.2) is 10.8 Å². The fourth-order valence-corrected chi connectivity index (χ4v) is 4.62. The molecule has 4 nitrogen and oxygen atoms in total. The van der Waals surface area contributed by atoms with Crippen molar-refractivity contribution < 1.29 is 9.47 Å². The van der Waals surface area contributed by atoms with Crippen LogP contribution in [0.2, 0.25) is 0 Å². The molecule has 0 amide bonds.